The zero-order chi connectivity index (χ0) is 9.52. The van der Waals surface area contributed by atoms with Crippen LogP contribution in [0.2, 0.25) is 0 Å². The molecule has 0 amide bonds. The molecule has 0 aliphatic carbocycles. The van der Waals surface area contributed by atoms with Crippen LogP contribution in [0.3, 0.4) is 0 Å². The number of nitrogens with one attached hydrogen (secondary N) is 1. The smallest absolute Gasteiger partial charge is 0.242 e. The zero-order valence-electron chi connectivity index (χ0n) is 7.77. The highest BCUT2D eigenvalue weighted by Gasteiger charge is 1.98. The first-order valence-corrected chi connectivity index (χ1v) is 4.41. The van der Waals surface area contributed by atoms with Crippen molar-refractivity contribution in [2.45, 2.75) is 19.3 Å². The van der Waals surface area contributed by atoms with Crippen LogP contribution in [-0.2, 0) is 7.05 Å². The Hall–Kier alpha value is -1.17. The second kappa shape index (κ2) is 5.47. The standard InChI is InChI=1S/C7H15N5O/c1-12-7(9-10-11-12)8-5-3-2-4-6-13/h13H,2-6H2,1H3,(H,8,9,11). The first-order chi connectivity index (χ1) is 6.34. The molecule has 0 aliphatic heterocycles. The van der Waals surface area contributed by atoms with Gasteiger partial charge >= 0.3 is 0 Å². The van der Waals surface area contributed by atoms with Gasteiger partial charge in [0.05, 0.1) is 0 Å². The molecule has 0 saturated heterocycles. The fourth-order valence-corrected chi connectivity index (χ4v) is 0.993. The summed E-state index contributed by atoms with van der Waals surface area (Å²) in [4.78, 5) is 0. The quantitative estimate of drug-likeness (QED) is 0.599. The lowest BCUT2D eigenvalue weighted by Gasteiger charge is -2.02. The summed E-state index contributed by atoms with van der Waals surface area (Å²) < 4.78 is 1.59. The molecule has 1 aromatic rings. The Kier molecular flexibility index (Phi) is 4.17. The number of hydrogen-bond acceptors (Lipinski definition) is 5. The van der Waals surface area contributed by atoms with Gasteiger partial charge in [-0.3, -0.25) is 0 Å². The van der Waals surface area contributed by atoms with E-state index in [9.17, 15) is 0 Å². The summed E-state index contributed by atoms with van der Waals surface area (Å²) in [6, 6.07) is 0. The van der Waals surface area contributed by atoms with Crippen molar-refractivity contribution in [3.05, 3.63) is 0 Å². The second-order valence-electron chi connectivity index (χ2n) is 2.84. The number of aromatic nitrogens is 4. The molecule has 0 bridgehead atoms. The van der Waals surface area contributed by atoms with Crippen LogP contribution < -0.4 is 5.32 Å². The number of hydrogen-bond donors (Lipinski definition) is 2. The highest BCUT2D eigenvalue weighted by molar-refractivity contribution is 5.20. The van der Waals surface area contributed by atoms with E-state index in [1.165, 1.54) is 0 Å². The lowest BCUT2D eigenvalue weighted by molar-refractivity contribution is 0.283. The number of aliphatic hydroxyl groups excluding tert-OH is 1. The van der Waals surface area contributed by atoms with Gasteiger partial charge in [0.15, 0.2) is 0 Å². The summed E-state index contributed by atoms with van der Waals surface area (Å²) in [5, 5.41) is 22.6. The third kappa shape index (κ3) is 3.37. The van der Waals surface area contributed by atoms with Crippen molar-refractivity contribution in [3.8, 4) is 0 Å². The van der Waals surface area contributed by atoms with Crippen LogP contribution in [0, 0.1) is 0 Å². The lowest BCUT2D eigenvalue weighted by atomic mass is 10.2. The average Bonchev–Trinajstić information content (AvgIpc) is 2.52. The van der Waals surface area contributed by atoms with Gasteiger partial charge in [0.25, 0.3) is 0 Å². The van der Waals surface area contributed by atoms with Crippen molar-refractivity contribution in [1.29, 1.82) is 0 Å². The number of unbranched alkanes of at least 4 members (excludes halogenated alkanes) is 2. The van der Waals surface area contributed by atoms with E-state index in [2.05, 4.69) is 20.8 Å². The van der Waals surface area contributed by atoms with Gasteiger partial charge in [0.2, 0.25) is 5.95 Å². The number of nitrogens with zero attached hydrogens (tertiary/aromatic N) is 4. The summed E-state index contributed by atoms with van der Waals surface area (Å²) in [5.41, 5.74) is 0. The molecular weight excluding hydrogens is 170 g/mol. The zero-order valence-corrected chi connectivity index (χ0v) is 7.77. The number of aliphatic hydroxyl groups is 1. The third-order valence-corrected chi connectivity index (χ3v) is 1.74. The van der Waals surface area contributed by atoms with Crippen molar-refractivity contribution in [2.24, 2.45) is 7.05 Å². The van der Waals surface area contributed by atoms with Crippen LogP contribution in [-0.4, -0.2) is 38.5 Å². The van der Waals surface area contributed by atoms with Crippen LogP contribution in [0.4, 0.5) is 5.95 Å². The van der Waals surface area contributed by atoms with Crippen molar-refractivity contribution in [1.82, 2.24) is 20.2 Å². The van der Waals surface area contributed by atoms with Crippen LogP contribution >= 0.6 is 0 Å². The number of aryl methyl sites for hydroxylation is 1. The largest absolute Gasteiger partial charge is 0.396 e. The van der Waals surface area contributed by atoms with Gasteiger partial charge in [-0.15, -0.1) is 0 Å². The van der Waals surface area contributed by atoms with E-state index in [0.717, 1.165) is 25.8 Å². The Morgan fingerprint density at radius 1 is 1.38 bits per heavy atom. The molecule has 0 spiro atoms. The molecule has 13 heavy (non-hydrogen) atoms. The molecule has 1 rings (SSSR count). The minimum Gasteiger partial charge on any atom is -0.396 e. The maximum Gasteiger partial charge on any atom is 0.242 e. The Morgan fingerprint density at radius 3 is 2.85 bits per heavy atom. The predicted octanol–water partition coefficient (Wildman–Crippen LogP) is -0.215. The topological polar surface area (TPSA) is 75.9 Å². The Bertz CT molecular complexity index is 237. The van der Waals surface area contributed by atoms with E-state index >= 15 is 0 Å². The van der Waals surface area contributed by atoms with Gasteiger partial charge in [-0.1, -0.05) is 5.10 Å². The molecule has 6 heteroatoms. The van der Waals surface area contributed by atoms with Gasteiger partial charge in [-0.05, 0) is 29.7 Å². The number of tetrazole rings is 1. The molecule has 2 N–H and O–H groups in total. The van der Waals surface area contributed by atoms with Crippen molar-refractivity contribution in [2.75, 3.05) is 18.5 Å². The van der Waals surface area contributed by atoms with Gasteiger partial charge in [0.1, 0.15) is 0 Å². The lowest BCUT2D eigenvalue weighted by Crippen LogP contribution is -2.07. The third-order valence-electron chi connectivity index (χ3n) is 1.74. The molecule has 1 aromatic heterocycles. The van der Waals surface area contributed by atoms with Crippen LogP contribution in [0.15, 0.2) is 0 Å². The summed E-state index contributed by atoms with van der Waals surface area (Å²) in [5.74, 6) is 0.684. The van der Waals surface area contributed by atoms with Crippen molar-refractivity contribution >= 4 is 5.95 Å². The molecule has 0 aromatic carbocycles. The molecule has 0 radical (unpaired) electrons. The summed E-state index contributed by atoms with van der Waals surface area (Å²) in [6.45, 7) is 1.11. The first-order valence-electron chi connectivity index (χ1n) is 4.41. The first kappa shape index (κ1) is 9.91. The maximum absolute atomic E-state index is 8.54. The van der Waals surface area contributed by atoms with Crippen molar-refractivity contribution in [3.63, 3.8) is 0 Å². The molecule has 0 aliphatic rings. The second-order valence-corrected chi connectivity index (χ2v) is 2.84. The molecular formula is C7H15N5O. The fraction of sp³-hybridized carbons (Fsp3) is 0.857. The minimum absolute atomic E-state index is 0.269. The van der Waals surface area contributed by atoms with E-state index in [1.54, 1.807) is 11.7 Å². The highest BCUT2D eigenvalue weighted by atomic mass is 16.2. The summed E-state index contributed by atoms with van der Waals surface area (Å²) >= 11 is 0. The molecule has 0 fully saturated rings. The van der Waals surface area contributed by atoms with Gasteiger partial charge in [-0.25, -0.2) is 4.68 Å². The van der Waals surface area contributed by atoms with Crippen LogP contribution in [0.25, 0.3) is 0 Å². The van der Waals surface area contributed by atoms with Gasteiger partial charge < -0.3 is 10.4 Å². The van der Waals surface area contributed by atoms with E-state index in [4.69, 9.17) is 5.11 Å². The van der Waals surface area contributed by atoms with Crippen LogP contribution in [0.5, 0.6) is 0 Å². The monoisotopic (exact) mass is 185 g/mol. The maximum atomic E-state index is 8.54. The molecule has 0 unspecified atom stereocenters. The van der Waals surface area contributed by atoms with Gasteiger partial charge in [0, 0.05) is 20.2 Å². The predicted molar refractivity (Wildman–Crippen MR) is 48.2 cm³/mol. The SMILES string of the molecule is Cn1nnnc1NCCCCCO. The number of rotatable bonds is 6. The Morgan fingerprint density at radius 2 is 2.23 bits per heavy atom. The Balaban J connectivity index is 2.10. The fourth-order valence-electron chi connectivity index (χ4n) is 0.993. The molecule has 0 saturated carbocycles. The highest BCUT2D eigenvalue weighted by Crippen LogP contribution is 1.98. The number of anilines is 1. The van der Waals surface area contributed by atoms with E-state index in [-0.39, 0.29) is 6.61 Å². The van der Waals surface area contributed by atoms with Crippen LogP contribution in [0.1, 0.15) is 19.3 Å². The van der Waals surface area contributed by atoms with Crippen molar-refractivity contribution < 1.29 is 5.11 Å². The average molecular weight is 185 g/mol. The van der Waals surface area contributed by atoms with E-state index in [1.807, 2.05) is 0 Å². The van der Waals surface area contributed by atoms with E-state index < -0.39 is 0 Å². The molecule has 74 valence electrons. The Labute approximate surface area is 76.9 Å². The molecule has 6 nitrogen and oxygen atoms in total. The minimum atomic E-state index is 0.269. The summed E-state index contributed by atoms with van der Waals surface area (Å²) in [7, 11) is 1.79. The van der Waals surface area contributed by atoms with E-state index in [0.29, 0.717) is 5.95 Å². The molecule has 0 atom stereocenters. The summed E-state index contributed by atoms with van der Waals surface area (Å²) in [6.07, 6.45) is 2.90. The van der Waals surface area contributed by atoms with Gasteiger partial charge in [-0.2, -0.15) is 0 Å². The normalized spacial score (nSPS) is 10.3. The molecule has 1 heterocycles.